The normalized spacial score (nSPS) is 32.7. The highest BCUT2D eigenvalue weighted by Crippen LogP contribution is 2.47. The summed E-state index contributed by atoms with van der Waals surface area (Å²) in [7, 11) is 1.63. The van der Waals surface area contributed by atoms with Crippen LogP contribution in [0.25, 0.3) is 0 Å². The van der Waals surface area contributed by atoms with Gasteiger partial charge in [0.05, 0.1) is 0 Å². The summed E-state index contributed by atoms with van der Waals surface area (Å²) in [4.78, 5) is 16.1. The van der Waals surface area contributed by atoms with Crippen molar-refractivity contribution < 1.29 is 9.53 Å². The minimum Gasteiger partial charge on any atom is -0.359 e. The maximum absolute atomic E-state index is 11.2. The highest BCUT2D eigenvalue weighted by atomic mass is 16.5. The van der Waals surface area contributed by atoms with Gasteiger partial charge in [-0.3, -0.25) is 9.69 Å². The second kappa shape index (κ2) is 8.42. The first-order chi connectivity index (χ1) is 13.2. The maximum atomic E-state index is 11.2. The molecule has 5 unspecified atom stereocenters. The first kappa shape index (κ1) is 19.1. The molecular formula is C23H34N2O2. The van der Waals surface area contributed by atoms with Crippen LogP contribution < -0.4 is 0 Å². The average molecular weight is 371 g/mol. The zero-order valence-electron chi connectivity index (χ0n) is 16.8. The Hall–Kier alpha value is -1.23. The van der Waals surface area contributed by atoms with Crippen LogP contribution >= 0.6 is 0 Å². The molecule has 4 nitrogen and oxygen atoms in total. The number of carbonyl (C=O) groups excluding carboxylic acids is 1. The van der Waals surface area contributed by atoms with Crippen molar-refractivity contribution in [2.75, 3.05) is 33.3 Å². The van der Waals surface area contributed by atoms with Crippen LogP contribution in [0.2, 0.25) is 0 Å². The number of benzene rings is 1. The number of rotatable bonds is 7. The molecule has 27 heavy (non-hydrogen) atoms. The largest absolute Gasteiger partial charge is 0.359 e. The summed E-state index contributed by atoms with van der Waals surface area (Å²) >= 11 is 0. The van der Waals surface area contributed by atoms with Gasteiger partial charge in [0.2, 0.25) is 0 Å². The Morgan fingerprint density at radius 1 is 1.19 bits per heavy atom. The van der Waals surface area contributed by atoms with Gasteiger partial charge < -0.3 is 9.64 Å². The van der Waals surface area contributed by atoms with Crippen LogP contribution in [-0.2, 0) is 16.0 Å². The molecule has 0 radical (unpaired) electrons. The number of carbonyl (C=O) groups is 1. The number of methoxy groups -OCH3 is 1. The van der Waals surface area contributed by atoms with Crippen LogP contribution in [0.5, 0.6) is 0 Å². The van der Waals surface area contributed by atoms with Gasteiger partial charge in [0.25, 0.3) is 0 Å². The van der Waals surface area contributed by atoms with Crippen LogP contribution in [0.3, 0.4) is 0 Å². The lowest BCUT2D eigenvalue weighted by Gasteiger charge is -2.24. The number of hydrogen-bond donors (Lipinski definition) is 0. The van der Waals surface area contributed by atoms with E-state index in [1.54, 1.807) is 7.11 Å². The van der Waals surface area contributed by atoms with Crippen LogP contribution in [0.4, 0.5) is 0 Å². The van der Waals surface area contributed by atoms with Crippen LogP contribution in [-0.4, -0.2) is 61.6 Å². The van der Waals surface area contributed by atoms with E-state index < -0.39 is 0 Å². The monoisotopic (exact) mass is 370 g/mol. The molecule has 4 rings (SSSR count). The number of hydrogen-bond acceptors (Lipinski definition) is 4. The van der Waals surface area contributed by atoms with Gasteiger partial charge >= 0.3 is 0 Å². The predicted octanol–water partition coefficient (Wildman–Crippen LogP) is 3.31. The smallest absolute Gasteiger partial charge is 0.166 e. The molecule has 2 saturated heterocycles. The SMILES string of the molecule is COC(C=O)N1CC2CCC(c3ccc(CCN4CCCC4C)cc3)C2C1. The van der Waals surface area contributed by atoms with E-state index in [1.807, 2.05) is 0 Å². The summed E-state index contributed by atoms with van der Waals surface area (Å²) < 4.78 is 5.34. The first-order valence-corrected chi connectivity index (χ1v) is 10.7. The van der Waals surface area contributed by atoms with E-state index in [0.29, 0.717) is 17.8 Å². The van der Waals surface area contributed by atoms with Gasteiger partial charge in [-0.25, -0.2) is 0 Å². The number of aldehydes is 1. The second-order valence-corrected chi connectivity index (χ2v) is 8.84. The minimum atomic E-state index is -0.369. The maximum Gasteiger partial charge on any atom is 0.166 e. The molecule has 0 bridgehead atoms. The third kappa shape index (κ3) is 3.98. The van der Waals surface area contributed by atoms with Crippen molar-refractivity contribution in [3.63, 3.8) is 0 Å². The third-order valence-corrected chi connectivity index (χ3v) is 7.39. The molecular weight excluding hydrogens is 336 g/mol. The molecule has 3 aliphatic rings. The van der Waals surface area contributed by atoms with Crippen LogP contribution in [0, 0.1) is 11.8 Å². The summed E-state index contributed by atoms with van der Waals surface area (Å²) in [6, 6.07) is 10.2. The van der Waals surface area contributed by atoms with Crippen molar-refractivity contribution >= 4 is 6.29 Å². The second-order valence-electron chi connectivity index (χ2n) is 8.84. The van der Waals surface area contributed by atoms with Gasteiger partial charge in [-0.1, -0.05) is 24.3 Å². The van der Waals surface area contributed by atoms with Gasteiger partial charge in [-0.05, 0) is 74.5 Å². The van der Waals surface area contributed by atoms with Crippen molar-refractivity contribution in [1.82, 2.24) is 9.80 Å². The van der Waals surface area contributed by atoms with E-state index in [0.717, 1.165) is 31.8 Å². The van der Waals surface area contributed by atoms with Crippen molar-refractivity contribution in [2.45, 2.75) is 57.2 Å². The Morgan fingerprint density at radius 2 is 2.00 bits per heavy atom. The van der Waals surface area contributed by atoms with Gasteiger partial charge in [0.15, 0.2) is 12.5 Å². The van der Waals surface area contributed by atoms with Crippen molar-refractivity contribution in [3.05, 3.63) is 35.4 Å². The molecule has 2 heterocycles. The molecule has 0 spiro atoms. The fraction of sp³-hybridized carbons (Fsp3) is 0.696. The molecule has 4 heteroatoms. The average Bonchev–Trinajstić information content (AvgIpc) is 3.38. The van der Waals surface area contributed by atoms with Crippen molar-refractivity contribution in [2.24, 2.45) is 11.8 Å². The summed E-state index contributed by atoms with van der Waals surface area (Å²) in [6.45, 7) is 6.81. The van der Waals surface area contributed by atoms with E-state index in [2.05, 4.69) is 41.0 Å². The van der Waals surface area contributed by atoms with Gasteiger partial charge in [0.1, 0.15) is 0 Å². The number of likely N-dealkylation sites (tertiary alicyclic amines) is 2. The Labute approximate surface area is 163 Å². The molecule has 1 aromatic carbocycles. The first-order valence-electron chi connectivity index (χ1n) is 10.7. The Balaban J connectivity index is 1.35. The third-order valence-electron chi connectivity index (χ3n) is 7.39. The molecule has 3 fully saturated rings. The molecule has 0 aromatic heterocycles. The summed E-state index contributed by atoms with van der Waals surface area (Å²) in [6.07, 6.45) is 6.99. The fourth-order valence-corrected chi connectivity index (χ4v) is 5.74. The minimum absolute atomic E-state index is 0.369. The molecule has 1 aromatic rings. The number of ether oxygens (including phenoxy) is 1. The van der Waals surface area contributed by atoms with Crippen LogP contribution in [0.15, 0.2) is 24.3 Å². The van der Waals surface area contributed by atoms with E-state index in [1.165, 1.54) is 49.9 Å². The summed E-state index contributed by atoms with van der Waals surface area (Å²) in [5.74, 6) is 2.01. The molecule has 2 aliphatic heterocycles. The van der Waals surface area contributed by atoms with E-state index in [4.69, 9.17) is 4.74 Å². The van der Waals surface area contributed by atoms with E-state index in [-0.39, 0.29) is 6.23 Å². The number of fused-ring (bicyclic) bond motifs is 1. The topological polar surface area (TPSA) is 32.8 Å². The zero-order chi connectivity index (χ0) is 18.8. The van der Waals surface area contributed by atoms with Gasteiger partial charge in [-0.2, -0.15) is 0 Å². The lowest BCUT2D eigenvalue weighted by molar-refractivity contribution is -0.126. The Bertz CT molecular complexity index is 632. The van der Waals surface area contributed by atoms with Crippen molar-refractivity contribution in [1.29, 1.82) is 0 Å². The summed E-state index contributed by atoms with van der Waals surface area (Å²) in [5, 5.41) is 0. The van der Waals surface area contributed by atoms with Crippen LogP contribution in [0.1, 0.15) is 49.7 Å². The van der Waals surface area contributed by atoms with Crippen molar-refractivity contribution in [3.8, 4) is 0 Å². The Kier molecular flexibility index (Phi) is 5.96. The van der Waals surface area contributed by atoms with Gasteiger partial charge in [-0.15, -0.1) is 0 Å². The van der Waals surface area contributed by atoms with E-state index in [9.17, 15) is 4.79 Å². The molecule has 5 atom stereocenters. The number of nitrogens with zero attached hydrogens (tertiary/aromatic N) is 2. The highest BCUT2D eigenvalue weighted by molar-refractivity contribution is 5.55. The fourth-order valence-electron chi connectivity index (χ4n) is 5.74. The molecule has 0 amide bonds. The molecule has 1 saturated carbocycles. The summed E-state index contributed by atoms with van der Waals surface area (Å²) in [5.41, 5.74) is 2.95. The highest BCUT2D eigenvalue weighted by Gasteiger charge is 2.44. The molecule has 0 N–H and O–H groups in total. The Morgan fingerprint density at radius 3 is 2.67 bits per heavy atom. The quantitative estimate of drug-likeness (QED) is 0.690. The standard InChI is InChI=1S/C23H34N2O2/c1-17-4-3-12-24(17)13-11-18-5-7-19(8-6-18)21-10-9-20-14-25(15-22(20)21)23(16-26)27-2/h5-8,16-17,20-23H,3-4,9-15H2,1-2H3. The lowest BCUT2D eigenvalue weighted by Crippen LogP contribution is -2.37. The van der Waals surface area contributed by atoms with E-state index >= 15 is 0 Å². The van der Waals surface area contributed by atoms with Gasteiger partial charge in [0, 0.05) is 32.8 Å². The molecule has 1 aliphatic carbocycles. The zero-order valence-corrected chi connectivity index (χ0v) is 16.8. The predicted molar refractivity (Wildman–Crippen MR) is 108 cm³/mol. The lowest BCUT2D eigenvalue weighted by atomic mass is 9.86. The molecule has 148 valence electrons.